The maximum atomic E-state index is 2.44. The molecular weight excluding hydrogens is 108 g/mol. The molecule has 2 saturated carbocycles. The van der Waals surface area contributed by atoms with Crippen LogP contribution in [0.5, 0.6) is 0 Å². The molecule has 0 heterocycles. The van der Waals surface area contributed by atoms with Crippen LogP contribution in [0.2, 0.25) is 0 Å². The highest BCUT2D eigenvalue weighted by Gasteiger charge is 2.76. The SMILES string of the molecule is CC1(C)CC2(C)CC12C. The molecule has 2 aliphatic rings. The summed E-state index contributed by atoms with van der Waals surface area (Å²) in [4.78, 5) is 0. The van der Waals surface area contributed by atoms with Gasteiger partial charge in [0.2, 0.25) is 0 Å². The van der Waals surface area contributed by atoms with Crippen LogP contribution < -0.4 is 0 Å². The molecule has 2 atom stereocenters. The Morgan fingerprint density at radius 1 is 0.889 bits per heavy atom. The third-order valence-electron chi connectivity index (χ3n) is 4.28. The number of fused-ring (bicyclic) bond motifs is 1. The van der Waals surface area contributed by atoms with Gasteiger partial charge in [0.05, 0.1) is 0 Å². The van der Waals surface area contributed by atoms with Gasteiger partial charge in [-0.3, -0.25) is 0 Å². The van der Waals surface area contributed by atoms with E-state index in [0.29, 0.717) is 5.41 Å². The molecule has 0 radical (unpaired) electrons. The second-order valence-corrected chi connectivity index (χ2v) is 5.13. The van der Waals surface area contributed by atoms with Crippen molar-refractivity contribution in [3.05, 3.63) is 0 Å². The van der Waals surface area contributed by atoms with Crippen LogP contribution in [0.25, 0.3) is 0 Å². The summed E-state index contributed by atoms with van der Waals surface area (Å²) in [7, 11) is 0. The Bertz CT molecular complexity index is 169. The Balaban J connectivity index is 2.28. The highest BCUT2D eigenvalue weighted by molar-refractivity contribution is 5.25. The van der Waals surface area contributed by atoms with Gasteiger partial charge in [-0.2, -0.15) is 0 Å². The Kier molecular flexibility index (Phi) is 0.627. The predicted octanol–water partition coefficient (Wildman–Crippen LogP) is 2.83. The van der Waals surface area contributed by atoms with Crippen LogP contribution in [0.15, 0.2) is 0 Å². The van der Waals surface area contributed by atoms with Crippen molar-refractivity contribution in [2.45, 2.75) is 40.5 Å². The van der Waals surface area contributed by atoms with Crippen molar-refractivity contribution in [3.8, 4) is 0 Å². The average molecular weight is 124 g/mol. The number of hydrogen-bond donors (Lipinski definition) is 0. The topological polar surface area (TPSA) is 0 Å². The maximum Gasteiger partial charge on any atom is -0.0215 e. The zero-order valence-corrected chi connectivity index (χ0v) is 6.91. The Morgan fingerprint density at radius 3 is 1.44 bits per heavy atom. The average Bonchev–Trinajstić information content (AvgIpc) is 2.04. The molecule has 0 aromatic carbocycles. The van der Waals surface area contributed by atoms with Crippen LogP contribution in [-0.2, 0) is 0 Å². The summed E-state index contributed by atoms with van der Waals surface area (Å²) in [5.41, 5.74) is 2.14. The van der Waals surface area contributed by atoms with Crippen LogP contribution >= 0.6 is 0 Å². The van der Waals surface area contributed by atoms with E-state index >= 15 is 0 Å². The third-order valence-corrected chi connectivity index (χ3v) is 4.28. The second-order valence-electron chi connectivity index (χ2n) is 5.13. The molecule has 0 saturated heterocycles. The van der Waals surface area contributed by atoms with Crippen molar-refractivity contribution in [1.29, 1.82) is 0 Å². The van der Waals surface area contributed by atoms with Gasteiger partial charge in [0.1, 0.15) is 0 Å². The molecule has 0 N–H and O–H groups in total. The lowest BCUT2D eigenvalue weighted by Crippen LogP contribution is -2.40. The van der Waals surface area contributed by atoms with E-state index in [0.717, 1.165) is 10.8 Å². The molecule has 0 spiro atoms. The van der Waals surface area contributed by atoms with Crippen LogP contribution in [0.3, 0.4) is 0 Å². The summed E-state index contributed by atoms with van der Waals surface area (Å²) < 4.78 is 0. The fourth-order valence-corrected chi connectivity index (χ4v) is 3.11. The lowest BCUT2D eigenvalue weighted by molar-refractivity contribution is 0.0138. The molecule has 2 aliphatic carbocycles. The zero-order valence-electron chi connectivity index (χ0n) is 6.91. The van der Waals surface area contributed by atoms with Crippen LogP contribution in [0, 0.1) is 16.2 Å². The molecule has 0 amide bonds. The van der Waals surface area contributed by atoms with Gasteiger partial charge < -0.3 is 0 Å². The van der Waals surface area contributed by atoms with E-state index in [1.165, 1.54) is 12.8 Å². The van der Waals surface area contributed by atoms with Crippen molar-refractivity contribution < 1.29 is 0 Å². The summed E-state index contributed by atoms with van der Waals surface area (Å²) >= 11 is 0. The second kappa shape index (κ2) is 0.980. The first-order valence-corrected chi connectivity index (χ1v) is 3.91. The summed E-state index contributed by atoms with van der Waals surface area (Å²) in [6.45, 7) is 9.68. The van der Waals surface area contributed by atoms with Gasteiger partial charge in [-0.05, 0) is 29.1 Å². The quantitative estimate of drug-likeness (QED) is 0.466. The molecular formula is C9H16. The Morgan fingerprint density at radius 2 is 1.44 bits per heavy atom. The van der Waals surface area contributed by atoms with Gasteiger partial charge in [0, 0.05) is 0 Å². The zero-order chi connectivity index (χ0) is 6.91. The third kappa shape index (κ3) is 0.367. The maximum absolute atomic E-state index is 2.44. The Labute approximate surface area is 57.6 Å². The molecule has 0 aliphatic heterocycles. The van der Waals surface area contributed by atoms with Gasteiger partial charge in [0.25, 0.3) is 0 Å². The van der Waals surface area contributed by atoms with Crippen molar-refractivity contribution in [2.75, 3.05) is 0 Å². The minimum atomic E-state index is 0.655. The number of rotatable bonds is 0. The molecule has 0 nitrogen and oxygen atoms in total. The van der Waals surface area contributed by atoms with E-state index in [9.17, 15) is 0 Å². The van der Waals surface area contributed by atoms with Crippen molar-refractivity contribution in [2.24, 2.45) is 16.2 Å². The molecule has 0 aromatic heterocycles. The molecule has 2 fully saturated rings. The van der Waals surface area contributed by atoms with Crippen molar-refractivity contribution in [3.63, 3.8) is 0 Å². The van der Waals surface area contributed by atoms with Crippen molar-refractivity contribution in [1.82, 2.24) is 0 Å². The first kappa shape index (κ1) is 5.76. The minimum Gasteiger partial charge on any atom is -0.0593 e. The van der Waals surface area contributed by atoms with Gasteiger partial charge in [-0.25, -0.2) is 0 Å². The fourth-order valence-electron chi connectivity index (χ4n) is 3.11. The lowest BCUT2D eigenvalue weighted by atomic mass is 9.57. The molecule has 9 heavy (non-hydrogen) atoms. The molecule has 2 unspecified atom stereocenters. The highest BCUT2D eigenvalue weighted by atomic mass is 14.8. The minimum absolute atomic E-state index is 0.655. The van der Waals surface area contributed by atoms with E-state index in [1.54, 1.807) is 0 Å². The Hall–Kier alpha value is 0. The standard InChI is InChI=1S/C9H16/c1-7(2)5-8(3)6-9(7,8)4/h5-6H2,1-4H3. The monoisotopic (exact) mass is 124 g/mol. The molecule has 0 bridgehead atoms. The highest BCUT2D eigenvalue weighted by Crippen LogP contribution is 2.85. The van der Waals surface area contributed by atoms with E-state index in [-0.39, 0.29) is 0 Å². The molecule has 0 aromatic rings. The van der Waals surface area contributed by atoms with Gasteiger partial charge in [-0.1, -0.05) is 27.7 Å². The first-order chi connectivity index (χ1) is 3.91. The van der Waals surface area contributed by atoms with E-state index in [1.807, 2.05) is 0 Å². The smallest absolute Gasteiger partial charge is 0.0215 e. The summed E-state index contributed by atoms with van der Waals surface area (Å²) in [5.74, 6) is 0. The molecule has 0 heteroatoms. The summed E-state index contributed by atoms with van der Waals surface area (Å²) in [5, 5.41) is 0. The fraction of sp³-hybridized carbons (Fsp3) is 1.00. The van der Waals surface area contributed by atoms with Crippen molar-refractivity contribution >= 4 is 0 Å². The van der Waals surface area contributed by atoms with Gasteiger partial charge in [0.15, 0.2) is 0 Å². The molecule has 2 rings (SSSR count). The molecule has 52 valence electrons. The van der Waals surface area contributed by atoms with Crippen LogP contribution in [0.1, 0.15) is 40.5 Å². The predicted molar refractivity (Wildman–Crippen MR) is 39.2 cm³/mol. The van der Waals surface area contributed by atoms with Crippen LogP contribution in [0.4, 0.5) is 0 Å². The van der Waals surface area contributed by atoms with E-state index in [2.05, 4.69) is 27.7 Å². The summed E-state index contributed by atoms with van der Waals surface area (Å²) in [6, 6.07) is 0. The van der Waals surface area contributed by atoms with Gasteiger partial charge >= 0.3 is 0 Å². The van der Waals surface area contributed by atoms with Crippen LogP contribution in [-0.4, -0.2) is 0 Å². The van der Waals surface area contributed by atoms with E-state index < -0.39 is 0 Å². The first-order valence-electron chi connectivity index (χ1n) is 3.91. The lowest BCUT2D eigenvalue weighted by Gasteiger charge is -2.47. The normalized spacial score (nSPS) is 60.0. The number of hydrogen-bond acceptors (Lipinski definition) is 0. The van der Waals surface area contributed by atoms with E-state index in [4.69, 9.17) is 0 Å². The van der Waals surface area contributed by atoms with Gasteiger partial charge in [-0.15, -0.1) is 0 Å². The summed E-state index contributed by atoms with van der Waals surface area (Å²) in [6.07, 6.45) is 2.93. The largest absolute Gasteiger partial charge is 0.0593 e.